The van der Waals surface area contributed by atoms with Crippen LogP contribution in [0.1, 0.15) is 5.56 Å². The highest BCUT2D eigenvalue weighted by Gasteiger charge is 2.02. The van der Waals surface area contributed by atoms with Crippen LogP contribution in [0.4, 0.5) is 0 Å². The number of aryl methyl sites for hydroxylation is 1. The number of rotatable bonds is 0. The zero-order chi connectivity index (χ0) is 9.42. The number of fused-ring (bicyclic) bond motifs is 1. The first-order valence-corrected chi connectivity index (χ1v) is 4.92. The summed E-state index contributed by atoms with van der Waals surface area (Å²) in [5.74, 6) is 0. The first kappa shape index (κ1) is 8.91. The largest absolute Gasteiger partial charge is 0.250 e. The maximum atomic E-state index is 5.73. The fourth-order valence-electron chi connectivity index (χ4n) is 1.19. The number of nitrogens with zero attached hydrogens (tertiary/aromatic N) is 2. The number of aromatic nitrogens is 2. The van der Waals surface area contributed by atoms with Gasteiger partial charge in [0.15, 0.2) is 0 Å². The van der Waals surface area contributed by atoms with Gasteiger partial charge in [-0.15, -0.1) is 0 Å². The molecule has 0 saturated heterocycles. The van der Waals surface area contributed by atoms with Gasteiger partial charge in [0, 0.05) is 4.47 Å². The fourth-order valence-corrected chi connectivity index (χ4v) is 2.00. The molecule has 66 valence electrons. The molecule has 0 unspecified atom stereocenters. The van der Waals surface area contributed by atoms with Crippen LogP contribution < -0.4 is 0 Å². The molecule has 0 fully saturated rings. The molecule has 0 aliphatic heterocycles. The Kier molecular flexibility index (Phi) is 2.22. The van der Waals surface area contributed by atoms with Crippen molar-refractivity contribution in [1.29, 1.82) is 0 Å². The minimum Gasteiger partial charge on any atom is -0.250 e. The minimum atomic E-state index is 0.421. The third-order valence-corrected chi connectivity index (χ3v) is 2.50. The van der Waals surface area contributed by atoms with Crippen molar-refractivity contribution in [1.82, 2.24) is 9.97 Å². The van der Waals surface area contributed by atoms with Crippen LogP contribution in [0, 0.1) is 6.92 Å². The molecule has 2 rings (SSSR count). The lowest BCUT2D eigenvalue weighted by atomic mass is 10.2. The van der Waals surface area contributed by atoms with E-state index in [1.807, 2.05) is 19.1 Å². The fraction of sp³-hybridized carbons (Fsp3) is 0.111. The number of hydrogen-bond acceptors (Lipinski definition) is 2. The normalized spacial score (nSPS) is 10.7. The van der Waals surface area contributed by atoms with Crippen LogP contribution in [-0.2, 0) is 0 Å². The second kappa shape index (κ2) is 3.24. The predicted octanol–water partition coefficient (Wildman–Crippen LogP) is 3.35. The van der Waals surface area contributed by atoms with Crippen molar-refractivity contribution >= 4 is 38.6 Å². The summed E-state index contributed by atoms with van der Waals surface area (Å²) in [7, 11) is 0. The second-order valence-corrected chi connectivity index (χ2v) is 4.05. The Morgan fingerprint density at radius 2 is 2.15 bits per heavy atom. The highest BCUT2D eigenvalue weighted by molar-refractivity contribution is 9.10. The van der Waals surface area contributed by atoms with Gasteiger partial charge < -0.3 is 0 Å². The van der Waals surface area contributed by atoms with Gasteiger partial charge in [-0.1, -0.05) is 11.6 Å². The lowest BCUT2D eigenvalue weighted by Gasteiger charge is -2.00. The van der Waals surface area contributed by atoms with E-state index < -0.39 is 0 Å². The summed E-state index contributed by atoms with van der Waals surface area (Å²) in [5.41, 5.74) is 2.80. The van der Waals surface area contributed by atoms with Crippen molar-refractivity contribution in [2.45, 2.75) is 6.92 Å². The van der Waals surface area contributed by atoms with Crippen LogP contribution in [0.15, 0.2) is 22.8 Å². The van der Waals surface area contributed by atoms with E-state index in [0.29, 0.717) is 5.15 Å². The molecule has 0 saturated carbocycles. The van der Waals surface area contributed by atoms with Crippen molar-refractivity contribution in [2.24, 2.45) is 0 Å². The Hall–Kier alpha value is -0.670. The summed E-state index contributed by atoms with van der Waals surface area (Å²) < 4.78 is 0.951. The molecular weight excluding hydrogens is 251 g/mol. The third kappa shape index (κ3) is 1.67. The lowest BCUT2D eigenvalue weighted by Crippen LogP contribution is -1.86. The monoisotopic (exact) mass is 256 g/mol. The van der Waals surface area contributed by atoms with E-state index in [1.54, 1.807) is 6.20 Å². The average Bonchev–Trinajstić information content (AvgIpc) is 2.02. The summed E-state index contributed by atoms with van der Waals surface area (Å²) in [6.45, 7) is 2.01. The summed E-state index contributed by atoms with van der Waals surface area (Å²) >= 11 is 9.16. The molecule has 1 aromatic carbocycles. The van der Waals surface area contributed by atoms with Crippen molar-refractivity contribution in [3.05, 3.63) is 33.5 Å². The predicted molar refractivity (Wildman–Crippen MR) is 57.0 cm³/mol. The van der Waals surface area contributed by atoms with Crippen LogP contribution in [0.3, 0.4) is 0 Å². The van der Waals surface area contributed by atoms with Gasteiger partial charge in [0.1, 0.15) is 10.7 Å². The van der Waals surface area contributed by atoms with Crippen LogP contribution in [0.2, 0.25) is 5.15 Å². The van der Waals surface area contributed by atoms with E-state index >= 15 is 0 Å². The SMILES string of the molecule is Cc1cc(Br)c2ncc(Cl)nc2c1. The van der Waals surface area contributed by atoms with Crippen LogP contribution in [-0.4, -0.2) is 9.97 Å². The Morgan fingerprint density at radius 3 is 2.92 bits per heavy atom. The molecule has 2 nitrogen and oxygen atoms in total. The maximum Gasteiger partial charge on any atom is 0.148 e. The highest BCUT2D eigenvalue weighted by atomic mass is 79.9. The molecule has 0 N–H and O–H groups in total. The van der Waals surface area contributed by atoms with Crippen molar-refractivity contribution in [3.8, 4) is 0 Å². The standard InChI is InChI=1S/C9H6BrClN2/c1-5-2-6(10)9-7(3-5)13-8(11)4-12-9/h2-4H,1H3. The number of hydrogen-bond donors (Lipinski definition) is 0. The molecule has 13 heavy (non-hydrogen) atoms. The van der Waals surface area contributed by atoms with Crippen molar-refractivity contribution in [2.75, 3.05) is 0 Å². The van der Waals surface area contributed by atoms with Gasteiger partial charge in [0.25, 0.3) is 0 Å². The number of halogens is 2. The molecule has 0 spiro atoms. The molecule has 0 aliphatic rings. The topological polar surface area (TPSA) is 25.8 Å². The van der Waals surface area contributed by atoms with Crippen LogP contribution >= 0.6 is 27.5 Å². The highest BCUT2D eigenvalue weighted by Crippen LogP contribution is 2.23. The molecule has 0 radical (unpaired) electrons. The molecule has 0 bridgehead atoms. The summed E-state index contributed by atoms with van der Waals surface area (Å²) in [5, 5.41) is 0.421. The van der Waals surface area contributed by atoms with Gasteiger partial charge in [0.2, 0.25) is 0 Å². The molecule has 2 aromatic rings. The van der Waals surface area contributed by atoms with Gasteiger partial charge >= 0.3 is 0 Å². The lowest BCUT2D eigenvalue weighted by molar-refractivity contribution is 1.28. The smallest absolute Gasteiger partial charge is 0.148 e. The Balaban J connectivity index is 2.86. The molecule has 0 amide bonds. The summed E-state index contributed by atoms with van der Waals surface area (Å²) in [6, 6.07) is 3.96. The van der Waals surface area contributed by atoms with Crippen molar-refractivity contribution < 1.29 is 0 Å². The van der Waals surface area contributed by atoms with Crippen molar-refractivity contribution in [3.63, 3.8) is 0 Å². The van der Waals surface area contributed by atoms with Gasteiger partial charge in [-0.05, 0) is 40.5 Å². The van der Waals surface area contributed by atoms with E-state index in [9.17, 15) is 0 Å². The molecule has 1 heterocycles. The van der Waals surface area contributed by atoms with E-state index in [4.69, 9.17) is 11.6 Å². The van der Waals surface area contributed by atoms with E-state index in [1.165, 1.54) is 0 Å². The minimum absolute atomic E-state index is 0.421. The Bertz CT molecular complexity index is 465. The third-order valence-electron chi connectivity index (χ3n) is 1.72. The van der Waals surface area contributed by atoms with E-state index in [-0.39, 0.29) is 0 Å². The first-order valence-electron chi connectivity index (χ1n) is 3.75. The Labute approximate surface area is 89.1 Å². The van der Waals surface area contributed by atoms with Crippen LogP contribution in [0.25, 0.3) is 11.0 Å². The van der Waals surface area contributed by atoms with Gasteiger partial charge in [0.05, 0.1) is 11.7 Å². The zero-order valence-electron chi connectivity index (χ0n) is 6.88. The number of benzene rings is 1. The average molecular weight is 258 g/mol. The van der Waals surface area contributed by atoms with Gasteiger partial charge in [-0.3, -0.25) is 4.98 Å². The van der Waals surface area contributed by atoms with E-state index in [0.717, 1.165) is 21.1 Å². The van der Waals surface area contributed by atoms with E-state index in [2.05, 4.69) is 25.9 Å². The van der Waals surface area contributed by atoms with Crippen LogP contribution in [0.5, 0.6) is 0 Å². The quantitative estimate of drug-likeness (QED) is 0.723. The molecule has 0 atom stereocenters. The summed E-state index contributed by atoms with van der Waals surface area (Å²) in [6.07, 6.45) is 1.55. The molecular formula is C9H6BrClN2. The maximum absolute atomic E-state index is 5.73. The summed E-state index contributed by atoms with van der Waals surface area (Å²) in [4.78, 5) is 8.35. The Morgan fingerprint density at radius 1 is 1.38 bits per heavy atom. The second-order valence-electron chi connectivity index (χ2n) is 2.81. The molecule has 4 heteroatoms. The zero-order valence-corrected chi connectivity index (χ0v) is 9.22. The molecule has 0 aliphatic carbocycles. The molecule has 1 aromatic heterocycles. The van der Waals surface area contributed by atoms with Gasteiger partial charge in [-0.25, -0.2) is 4.98 Å². The van der Waals surface area contributed by atoms with Gasteiger partial charge in [-0.2, -0.15) is 0 Å². The first-order chi connectivity index (χ1) is 6.16.